The number of rotatable bonds is 35. The molecule has 0 spiro atoms. The lowest BCUT2D eigenvalue weighted by atomic mass is 10.1. The topological polar surface area (TPSA) is 21.7 Å². The molecular weight excluding hydrogens is 587 g/mol. The molecule has 0 N–H and O–H groups in total. The van der Waals surface area contributed by atoms with Crippen LogP contribution in [0, 0.1) is 0 Å². The van der Waals surface area contributed by atoms with Crippen LogP contribution in [0.2, 0.25) is 0 Å². The fourth-order valence-electron chi connectivity index (χ4n) is 5.99. The molecule has 1 aliphatic heterocycles. The van der Waals surface area contributed by atoms with E-state index in [2.05, 4.69) is 91.7 Å². The van der Waals surface area contributed by atoms with E-state index in [-0.39, 0.29) is 6.10 Å². The molecule has 0 aromatic rings. The molecule has 0 saturated carbocycles. The summed E-state index contributed by atoms with van der Waals surface area (Å²) in [5, 5.41) is 0. The zero-order chi connectivity index (χ0) is 34.3. The molecule has 1 heterocycles. The lowest BCUT2D eigenvalue weighted by Crippen LogP contribution is -2.35. The van der Waals surface area contributed by atoms with Gasteiger partial charge in [-0.05, 0) is 116 Å². The van der Waals surface area contributed by atoms with Crippen molar-refractivity contribution < 1.29 is 9.47 Å². The summed E-state index contributed by atoms with van der Waals surface area (Å²) in [6.07, 6.45) is 57.8. The van der Waals surface area contributed by atoms with Gasteiger partial charge < -0.3 is 14.4 Å². The standard InChI is InChI=1S/C45H79NO2/c1-3-5-7-9-11-13-15-17-19-21-22-23-25-27-29-31-33-37-41-47-44-45(43-46-39-35-36-40-46)48-42-38-34-32-30-28-26-24-20-18-16-14-12-10-8-6-4-2/h11-14,17-20,22-23,27,29,45H,3-10,15-16,21,24-26,28,30-44H2,1-2H3/b13-11-,14-12+,19-17-,20-18-,23-22-,29-27-. The van der Waals surface area contributed by atoms with Gasteiger partial charge in [0.2, 0.25) is 0 Å². The van der Waals surface area contributed by atoms with Gasteiger partial charge in [0, 0.05) is 19.8 Å². The summed E-state index contributed by atoms with van der Waals surface area (Å²) in [5.41, 5.74) is 0. The van der Waals surface area contributed by atoms with Crippen molar-refractivity contribution in [3.63, 3.8) is 0 Å². The first-order chi connectivity index (χ1) is 23.9. The molecule has 1 saturated heterocycles. The maximum atomic E-state index is 6.36. The van der Waals surface area contributed by atoms with Crippen molar-refractivity contribution >= 4 is 0 Å². The van der Waals surface area contributed by atoms with Crippen molar-refractivity contribution in [3.8, 4) is 0 Å². The van der Waals surface area contributed by atoms with Crippen LogP contribution in [-0.2, 0) is 9.47 Å². The summed E-state index contributed by atoms with van der Waals surface area (Å²) < 4.78 is 12.5. The average molecular weight is 666 g/mol. The Morgan fingerprint density at radius 2 is 0.854 bits per heavy atom. The van der Waals surface area contributed by atoms with Crippen LogP contribution in [0.25, 0.3) is 0 Å². The largest absolute Gasteiger partial charge is 0.379 e. The Balaban J connectivity index is 2.01. The van der Waals surface area contributed by atoms with Crippen LogP contribution in [0.4, 0.5) is 0 Å². The molecule has 1 aliphatic rings. The number of likely N-dealkylation sites (tertiary alicyclic amines) is 1. The Labute approximate surface area is 300 Å². The maximum absolute atomic E-state index is 6.36. The van der Waals surface area contributed by atoms with Crippen molar-refractivity contribution in [2.75, 3.05) is 39.5 Å². The van der Waals surface area contributed by atoms with E-state index in [0.717, 1.165) is 64.9 Å². The highest BCUT2D eigenvalue weighted by Gasteiger charge is 2.18. The smallest absolute Gasteiger partial charge is 0.0934 e. The highest BCUT2D eigenvalue weighted by atomic mass is 16.5. The van der Waals surface area contributed by atoms with Gasteiger partial charge in [0.15, 0.2) is 0 Å². The fourth-order valence-corrected chi connectivity index (χ4v) is 5.99. The van der Waals surface area contributed by atoms with Crippen LogP contribution in [-0.4, -0.2) is 50.5 Å². The number of allylic oxidation sites excluding steroid dienone is 12. The van der Waals surface area contributed by atoms with Crippen LogP contribution >= 0.6 is 0 Å². The molecule has 1 rings (SSSR count). The maximum Gasteiger partial charge on any atom is 0.0934 e. The SMILES string of the molecule is CCCCC/C=C\C/C=C\C/C=C\C/C=C\CCCCOCC(CN1CCCC1)OCCCCCCCC/C=C\C/C=C/CCCCC. The quantitative estimate of drug-likeness (QED) is 0.0497. The minimum absolute atomic E-state index is 0.217. The van der Waals surface area contributed by atoms with Crippen molar-refractivity contribution in [2.24, 2.45) is 0 Å². The Kier molecular flexibility index (Phi) is 35.2. The lowest BCUT2D eigenvalue weighted by molar-refractivity contribution is -0.0315. The van der Waals surface area contributed by atoms with Gasteiger partial charge in [-0.25, -0.2) is 0 Å². The molecule has 0 amide bonds. The Hall–Kier alpha value is -1.68. The van der Waals surface area contributed by atoms with Crippen LogP contribution in [0.1, 0.15) is 168 Å². The molecule has 48 heavy (non-hydrogen) atoms. The van der Waals surface area contributed by atoms with E-state index in [0.29, 0.717) is 0 Å². The Morgan fingerprint density at radius 3 is 1.35 bits per heavy atom. The van der Waals surface area contributed by atoms with Crippen molar-refractivity contribution in [2.45, 2.75) is 174 Å². The van der Waals surface area contributed by atoms with Gasteiger partial charge >= 0.3 is 0 Å². The molecule has 0 aromatic heterocycles. The first-order valence-electron chi connectivity index (χ1n) is 20.7. The zero-order valence-electron chi connectivity index (χ0n) is 32.0. The van der Waals surface area contributed by atoms with E-state index < -0.39 is 0 Å². The first-order valence-corrected chi connectivity index (χ1v) is 20.7. The fraction of sp³-hybridized carbons (Fsp3) is 0.733. The van der Waals surface area contributed by atoms with E-state index in [1.54, 1.807) is 0 Å². The molecule has 276 valence electrons. The van der Waals surface area contributed by atoms with E-state index in [1.807, 2.05) is 0 Å². The molecule has 1 atom stereocenters. The molecule has 0 aromatic carbocycles. The summed E-state index contributed by atoms with van der Waals surface area (Å²) in [7, 11) is 0. The normalized spacial score (nSPS) is 15.4. The van der Waals surface area contributed by atoms with Gasteiger partial charge in [0.1, 0.15) is 0 Å². The lowest BCUT2D eigenvalue weighted by Gasteiger charge is -2.24. The number of hydrogen-bond donors (Lipinski definition) is 0. The minimum atomic E-state index is 0.217. The van der Waals surface area contributed by atoms with Crippen molar-refractivity contribution in [3.05, 3.63) is 72.9 Å². The summed E-state index contributed by atoms with van der Waals surface area (Å²) in [4.78, 5) is 2.57. The number of ether oxygens (including phenoxy) is 2. The average Bonchev–Trinajstić information content (AvgIpc) is 3.61. The van der Waals surface area contributed by atoms with Gasteiger partial charge in [-0.1, -0.05) is 138 Å². The van der Waals surface area contributed by atoms with Gasteiger partial charge in [-0.3, -0.25) is 0 Å². The van der Waals surface area contributed by atoms with Crippen molar-refractivity contribution in [1.29, 1.82) is 0 Å². The van der Waals surface area contributed by atoms with Crippen molar-refractivity contribution in [1.82, 2.24) is 4.90 Å². The second-order valence-corrected chi connectivity index (χ2v) is 13.7. The van der Waals surface area contributed by atoms with E-state index in [1.165, 1.54) is 129 Å². The summed E-state index contributed by atoms with van der Waals surface area (Å²) in [6.45, 7) is 10.5. The van der Waals surface area contributed by atoms with E-state index >= 15 is 0 Å². The second kappa shape index (κ2) is 38.1. The molecule has 1 fully saturated rings. The highest BCUT2D eigenvalue weighted by Crippen LogP contribution is 2.12. The molecule has 3 nitrogen and oxygen atoms in total. The van der Waals surface area contributed by atoms with E-state index in [9.17, 15) is 0 Å². The molecular formula is C45H79NO2. The molecule has 0 bridgehead atoms. The van der Waals surface area contributed by atoms with Gasteiger partial charge in [-0.2, -0.15) is 0 Å². The molecule has 0 radical (unpaired) electrons. The summed E-state index contributed by atoms with van der Waals surface area (Å²) >= 11 is 0. The third kappa shape index (κ3) is 32.8. The van der Waals surface area contributed by atoms with E-state index in [4.69, 9.17) is 9.47 Å². The molecule has 0 aliphatic carbocycles. The molecule has 3 heteroatoms. The van der Waals surface area contributed by atoms with Crippen LogP contribution in [0.5, 0.6) is 0 Å². The first kappa shape index (κ1) is 44.3. The predicted molar refractivity (Wildman–Crippen MR) is 214 cm³/mol. The number of hydrogen-bond acceptors (Lipinski definition) is 3. The van der Waals surface area contributed by atoms with Crippen LogP contribution in [0.3, 0.4) is 0 Å². The number of unbranched alkanes of at least 4 members (excludes halogenated alkanes) is 14. The third-order valence-electron chi connectivity index (χ3n) is 9.03. The summed E-state index contributed by atoms with van der Waals surface area (Å²) in [5.74, 6) is 0. The third-order valence-corrected chi connectivity index (χ3v) is 9.03. The monoisotopic (exact) mass is 666 g/mol. The summed E-state index contributed by atoms with van der Waals surface area (Å²) in [6, 6.07) is 0. The zero-order valence-corrected chi connectivity index (χ0v) is 32.0. The predicted octanol–water partition coefficient (Wildman–Crippen LogP) is 13.4. The highest BCUT2D eigenvalue weighted by molar-refractivity contribution is 4.99. The second-order valence-electron chi connectivity index (χ2n) is 13.7. The van der Waals surface area contributed by atoms with Crippen LogP contribution < -0.4 is 0 Å². The van der Waals surface area contributed by atoms with Gasteiger partial charge in [-0.15, -0.1) is 0 Å². The Morgan fingerprint density at radius 1 is 0.458 bits per heavy atom. The van der Waals surface area contributed by atoms with Gasteiger partial charge in [0.05, 0.1) is 12.7 Å². The number of nitrogens with zero attached hydrogens (tertiary/aromatic N) is 1. The molecule has 1 unspecified atom stereocenters. The van der Waals surface area contributed by atoms with Crippen LogP contribution in [0.15, 0.2) is 72.9 Å². The minimum Gasteiger partial charge on any atom is -0.379 e. The van der Waals surface area contributed by atoms with Gasteiger partial charge in [0.25, 0.3) is 0 Å². The Bertz CT molecular complexity index is 817.